The number of anilines is 1. The molecule has 0 fully saturated rings. The van der Waals surface area contributed by atoms with Gasteiger partial charge in [-0.3, -0.25) is 10.1 Å². The van der Waals surface area contributed by atoms with Crippen LogP contribution >= 0.6 is 11.6 Å². The van der Waals surface area contributed by atoms with Crippen molar-refractivity contribution < 1.29 is 18.8 Å². The van der Waals surface area contributed by atoms with Crippen LogP contribution in [0.4, 0.5) is 5.88 Å². The first-order valence-electron chi connectivity index (χ1n) is 7.77. The molecule has 2 aromatic carbocycles. The lowest BCUT2D eigenvalue weighted by atomic mass is 10.1. The number of nitrogens with one attached hydrogen (secondary N) is 1. The number of nitrogens with zero attached hydrogens (tertiary/aromatic N) is 1. The number of benzene rings is 2. The van der Waals surface area contributed by atoms with Crippen LogP contribution in [0.5, 0.6) is 0 Å². The Hall–Kier alpha value is -3.12. The second-order valence-electron chi connectivity index (χ2n) is 5.58. The minimum atomic E-state index is -0.638. The van der Waals surface area contributed by atoms with Gasteiger partial charge in [0.05, 0.1) is 5.56 Å². The molecule has 0 spiro atoms. The molecular formula is C19H15ClN2O4. The highest BCUT2D eigenvalue weighted by Crippen LogP contribution is 2.22. The highest BCUT2D eigenvalue weighted by Gasteiger charge is 2.13. The monoisotopic (exact) mass is 370 g/mol. The first kappa shape index (κ1) is 17.7. The maximum absolute atomic E-state index is 11.9. The van der Waals surface area contributed by atoms with Crippen molar-refractivity contribution in [2.24, 2.45) is 0 Å². The van der Waals surface area contributed by atoms with E-state index in [2.05, 4.69) is 10.5 Å². The second-order valence-corrected chi connectivity index (χ2v) is 6.01. The lowest BCUT2D eigenvalue weighted by molar-refractivity contribution is -0.119. The minimum Gasteiger partial charge on any atom is -0.452 e. The molecule has 3 aromatic rings. The van der Waals surface area contributed by atoms with Crippen LogP contribution in [0.3, 0.4) is 0 Å². The molecule has 3 rings (SSSR count). The average Bonchev–Trinajstić information content (AvgIpc) is 3.08. The van der Waals surface area contributed by atoms with Crippen LogP contribution in [-0.4, -0.2) is 23.6 Å². The number of ether oxygens (including phenoxy) is 1. The number of aromatic nitrogens is 1. The highest BCUT2D eigenvalue weighted by molar-refractivity contribution is 6.30. The summed E-state index contributed by atoms with van der Waals surface area (Å²) < 4.78 is 10.0. The summed E-state index contributed by atoms with van der Waals surface area (Å²) in [6, 6.07) is 15.6. The molecule has 1 amide bonds. The summed E-state index contributed by atoms with van der Waals surface area (Å²) in [5.74, 6) is -1.00. The number of aryl methyl sites for hydroxylation is 1. The Balaban J connectivity index is 1.55. The van der Waals surface area contributed by atoms with Crippen molar-refractivity contribution >= 4 is 29.4 Å². The van der Waals surface area contributed by atoms with E-state index in [1.165, 1.54) is 6.07 Å². The van der Waals surface area contributed by atoms with Crippen LogP contribution in [0.15, 0.2) is 59.1 Å². The molecule has 26 heavy (non-hydrogen) atoms. The summed E-state index contributed by atoms with van der Waals surface area (Å²) in [6.07, 6.45) is 0. The van der Waals surface area contributed by atoms with E-state index in [9.17, 15) is 9.59 Å². The maximum atomic E-state index is 11.9. The van der Waals surface area contributed by atoms with Gasteiger partial charge in [0.15, 0.2) is 6.61 Å². The smallest absolute Gasteiger partial charge is 0.338 e. The Labute approximate surface area is 154 Å². The third-order valence-corrected chi connectivity index (χ3v) is 3.75. The fraction of sp³-hybridized carbons (Fsp3) is 0.105. The minimum absolute atomic E-state index is 0.171. The molecule has 0 saturated heterocycles. The van der Waals surface area contributed by atoms with Gasteiger partial charge >= 0.3 is 5.97 Å². The topological polar surface area (TPSA) is 81.4 Å². The van der Waals surface area contributed by atoms with Crippen molar-refractivity contribution in [2.45, 2.75) is 6.92 Å². The zero-order valence-electron chi connectivity index (χ0n) is 13.9. The van der Waals surface area contributed by atoms with E-state index in [0.29, 0.717) is 10.7 Å². The fourth-order valence-corrected chi connectivity index (χ4v) is 2.39. The van der Waals surface area contributed by atoms with E-state index in [-0.39, 0.29) is 11.4 Å². The van der Waals surface area contributed by atoms with Crippen molar-refractivity contribution in [3.63, 3.8) is 0 Å². The van der Waals surface area contributed by atoms with Gasteiger partial charge in [0.2, 0.25) is 5.88 Å². The van der Waals surface area contributed by atoms with Crippen LogP contribution in [0.2, 0.25) is 5.02 Å². The van der Waals surface area contributed by atoms with Crippen LogP contribution in [0, 0.1) is 6.92 Å². The van der Waals surface area contributed by atoms with Crippen LogP contribution in [-0.2, 0) is 9.53 Å². The van der Waals surface area contributed by atoms with E-state index in [0.717, 1.165) is 11.1 Å². The molecule has 1 aromatic heterocycles. The molecule has 0 aliphatic rings. The first-order chi connectivity index (χ1) is 12.5. The maximum Gasteiger partial charge on any atom is 0.338 e. The molecule has 0 saturated carbocycles. The molecule has 0 atom stereocenters. The third kappa shape index (κ3) is 4.49. The van der Waals surface area contributed by atoms with Gasteiger partial charge in [0.1, 0.15) is 5.69 Å². The number of halogens is 1. The highest BCUT2D eigenvalue weighted by atomic mass is 35.5. The Kier molecular flexibility index (Phi) is 5.34. The van der Waals surface area contributed by atoms with E-state index in [1.54, 1.807) is 24.3 Å². The Morgan fingerprint density at radius 1 is 1.15 bits per heavy atom. The quantitative estimate of drug-likeness (QED) is 0.684. The summed E-state index contributed by atoms with van der Waals surface area (Å²) in [5, 5.41) is 6.81. The molecule has 0 radical (unpaired) electrons. The van der Waals surface area contributed by atoms with Crippen molar-refractivity contribution in [2.75, 3.05) is 11.9 Å². The molecular weight excluding hydrogens is 356 g/mol. The summed E-state index contributed by atoms with van der Waals surface area (Å²) in [4.78, 5) is 23.8. The predicted molar refractivity (Wildman–Crippen MR) is 97.0 cm³/mol. The van der Waals surface area contributed by atoms with Crippen molar-refractivity contribution in [3.05, 3.63) is 70.7 Å². The first-order valence-corrected chi connectivity index (χ1v) is 8.15. The lowest BCUT2D eigenvalue weighted by Crippen LogP contribution is -2.20. The predicted octanol–water partition coefficient (Wildman–Crippen LogP) is 4.10. The van der Waals surface area contributed by atoms with Gasteiger partial charge in [-0.1, -0.05) is 52.7 Å². The van der Waals surface area contributed by atoms with Gasteiger partial charge in [-0.15, -0.1) is 0 Å². The van der Waals surface area contributed by atoms with Gasteiger partial charge < -0.3 is 9.26 Å². The van der Waals surface area contributed by atoms with E-state index in [4.69, 9.17) is 20.9 Å². The van der Waals surface area contributed by atoms with Crippen molar-refractivity contribution in [1.29, 1.82) is 0 Å². The number of hydrogen-bond acceptors (Lipinski definition) is 5. The van der Waals surface area contributed by atoms with Gasteiger partial charge in [-0.2, -0.15) is 0 Å². The molecule has 0 bridgehead atoms. The Bertz CT molecular complexity index is 935. The largest absolute Gasteiger partial charge is 0.452 e. The van der Waals surface area contributed by atoms with Crippen LogP contribution in [0.1, 0.15) is 15.9 Å². The molecule has 7 heteroatoms. The van der Waals surface area contributed by atoms with E-state index < -0.39 is 18.5 Å². The number of hydrogen-bond donors (Lipinski definition) is 1. The fourth-order valence-electron chi connectivity index (χ4n) is 2.20. The van der Waals surface area contributed by atoms with Crippen LogP contribution in [0.25, 0.3) is 11.3 Å². The number of carbonyl (C=O) groups is 2. The average molecular weight is 371 g/mol. The van der Waals surface area contributed by atoms with Gasteiger partial charge in [-0.25, -0.2) is 4.79 Å². The lowest BCUT2D eigenvalue weighted by Gasteiger charge is -2.04. The zero-order chi connectivity index (χ0) is 18.5. The summed E-state index contributed by atoms with van der Waals surface area (Å²) >= 11 is 5.81. The SMILES string of the molecule is Cc1ccc(-c2cc(NC(=O)COC(=O)c3cccc(Cl)c3)on2)cc1. The van der Waals surface area contributed by atoms with Crippen LogP contribution < -0.4 is 5.32 Å². The van der Waals surface area contributed by atoms with Gasteiger partial charge in [0.25, 0.3) is 5.91 Å². The Morgan fingerprint density at radius 2 is 1.92 bits per heavy atom. The molecule has 0 aliphatic heterocycles. The second kappa shape index (κ2) is 7.84. The summed E-state index contributed by atoms with van der Waals surface area (Å²) in [6.45, 7) is 1.54. The number of rotatable bonds is 5. The summed E-state index contributed by atoms with van der Waals surface area (Å²) in [5.41, 5.74) is 2.86. The summed E-state index contributed by atoms with van der Waals surface area (Å²) in [7, 11) is 0. The van der Waals surface area contributed by atoms with Crippen molar-refractivity contribution in [1.82, 2.24) is 5.16 Å². The number of esters is 1. The molecule has 132 valence electrons. The van der Waals surface area contributed by atoms with Crippen molar-refractivity contribution in [3.8, 4) is 11.3 Å². The molecule has 1 heterocycles. The number of amides is 1. The standard InChI is InChI=1S/C19H15ClN2O4/c1-12-5-7-13(8-6-12)16-10-18(26-22-16)21-17(23)11-25-19(24)14-3-2-4-15(20)9-14/h2-10H,11H2,1H3,(H,21,23). The number of carbonyl (C=O) groups excluding carboxylic acids is 2. The van der Waals surface area contributed by atoms with E-state index in [1.807, 2.05) is 31.2 Å². The molecule has 6 nitrogen and oxygen atoms in total. The normalized spacial score (nSPS) is 10.4. The molecule has 1 N–H and O–H groups in total. The molecule has 0 unspecified atom stereocenters. The Morgan fingerprint density at radius 3 is 2.65 bits per heavy atom. The third-order valence-electron chi connectivity index (χ3n) is 3.51. The molecule has 0 aliphatic carbocycles. The zero-order valence-corrected chi connectivity index (χ0v) is 14.6. The van der Waals surface area contributed by atoms with Gasteiger partial charge in [-0.05, 0) is 25.1 Å². The van der Waals surface area contributed by atoms with Gasteiger partial charge in [0, 0.05) is 16.7 Å². The van der Waals surface area contributed by atoms with E-state index >= 15 is 0 Å².